The Balaban J connectivity index is 2.42. The minimum atomic E-state index is -0.140. The average molecular weight is 256 g/mol. The molecule has 3 heteroatoms. The molecule has 0 radical (unpaired) electrons. The van der Waals surface area contributed by atoms with E-state index in [0.29, 0.717) is 0 Å². The Kier molecular flexibility index (Phi) is 7.20. The highest BCUT2D eigenvalue weighted by Gasteiger charge is 2.26. The Hall–Kier alpha value is -0.120. The number of nitrogens with zero attached hydrogens (tertiary/aromatic N) is 1. The second-order valence-electron chi connectivity index (χ2n) is 6.11. The lowest BCUT2D eigenvalue weighted by Gasteiger charge is -2.34. The van der Waals surface area contributed by atoms with E-state index in [0.717, 1.165) is 19.0 Å². The van der Waals surface area contributed by atoms with E-state index in [1.54, 1.807) is 0 Å². The molecule has 108 valence electrons. The van der Waals surface area contributed by atoms with Crippen LogP contribution >= 0.6 is 0 Å². The molecule has 0 amide bonds. The van der Waals surface area contributed by atoms with Gasteiger partial charge >= 0.3 is 0 Å². The Morgan fingerprint density at radius 3 is 2.67 bits per heavy atom. The van der Waals surface area contributed by atoms with E-state index >= 15 is 0 Å². The van der Waals surface area contributed by atoms with Crippen LogP contribution in [0.1, 0.15) is 52.9 Å². The monoisotopic (exact) mass is 256 g/mol. The molecule has 1 aliphatic heterocycles. The Morgan fingerprint density at radius 1 is 1.28 bits per heavy atom. The fourth-order valence-electron chi connectivity index (χ4n) is 3.16. The molecule has 2 N–H and O–H groups in total. The summed E-state index contributed by atoms with van der Waals surface area (Å²) in [4.78, 5) is 2.54. The quantitative estimate of drug-likeness (QED) is 0.733. The number of nitrogens with one attached hydrogen (secondary N) is 1. The summed E-state index contributed by atoms with van der Waals surface area (Å²) in [6.45, 7) is 11.0. The highest BCUT2D eigenvalue weighted by Crippen LogP contribution is 2.22. The standard InChI is InChI=1S/C15H32N2O/c1-4-7-14-8-6-10-17(11-9-14)12-15(3,13-18)16-5-2/h14,16,18H,4-13H2,1-3H3. The van der Waals surface area contributed by atoms with Crippen LogP contribution in [0.25, 0.3) is 0 Å². The largest absolute Gasteiger partial charge is 0.394 e. The third kappa shape index (κ3) is 5.25. The highest BCUT2D eigenvalue weighted by molar-refractivity contribution is 4.86. The van der Waals surface area contributed by atoms with E-state index in [-0.39, 0.29) is 12.1 Å². The van der Waals surface area contributed by atoms with Gasteiger partial charge in [-0.25, -0.2) is 0 Å². The summed E-state index contributed by atoms with van der Waals surface area (Å²) in [5.74, 6) is 0.930. The molecule has 0 aromatic carbocycles. The van der Waals surface area contributed by atoms with Crippen molar-refractivity contribution < 1.29 is 5.11 Å². The van der Waals surface area contributed by atoms with Gasteiger partial charge in [0.2, 0.25) is 0 Å². The van der Waals surface area contributed by atoms with Gasteiger partial charge in [0.1, 0.15) is 0 Å². The van der Waals surface area contributed by atoms with E-state index in [2.05, 4.69) is 31.0 Å². The van der Waals surface area contributed by atoms with Crippen LogP contribution in [0.3, 0.4) is 0 Å². The number of hydrogen-bond donors (Lipinski definition) is 2. The number of likely N-dealkylation sites (tertiary alicyclic amines) is 1. The van der Waals surface area contributed by atoms with Crippen molar-refractivity contribution >= 4 is 0 Å². The van der Waals surface area contributed by atoms with Gasteiger partial charge in [-0.05, 0) is 51.7 Å². The predicted molar refractivity (Wildman–Crippen MR) is 77.9 cm³/mol. The van der Waals surface area contributed by atoms with Crippen LogP contribution in [0.4, 0.5) is 0 Å². The Morgan fingerprint density at radius 2 is 2.06 bits per heavy atom. The SMILES string of the molecule is CCCC1CCCN(CC(C)(CO)NCC)CC1. The van der Waals surface area contributed by atoms with Crippen LogP contribution in [-0.2, 0) is 0 Å². The molecule has 0 bridgehead atoms. The molecule has 0 aliphatic carbocycles. The summed E-state index contributed by atoms with van der Waals surface area (Å²) in [6, 6.07) is 0. The molecule has 1 saturated heterocycles. The first-order valence-corrected chi connectivity index (χ1v) is 7.71. The first kappa shape index (κ1) is 15.9. The second-order valence-corrected chi connectivity index (χ2v) is 6.11. The molecule has 0 aromatic rings. The van der Waals surface area contributed by atoms with Gasteiger partial charge in [0, 0.05) is 6.54 Å². The third-order valence-electron chi connectivity index (χ3n) is 4.16. The minimum absolute atomic E-state index is 0.140. The van der Waals surface area contributed by atoms with Crippen LogP contribution in [0, 0.1) is 5.92 Å². The molecule has 1 aliphatic rings. The zero-order chi connectivity index (χ0) is 13.4. The van der Waals surface area contributed by atoms with Crippen LogP contribution < -0.4 is 5.32 Å². The number of hydrogen-bond acceptors (Lipinski definition) is 3. The lowest BCUT2D eigenvalue weighted by atomic mass is 9.96. The van der Waals surface area contributed by atoms with E-state index in [1.165, 1.54) is 45.2 Å². The summed E-state index contributed by atoms with van der Waals surface area (Å²) < 4.78 is 0. The summed E-state index contributed by atoms with van der Waals surface area (Å²) in [5.41, 5.74) is -0.140. The Bertz CT molecular complexity index is 223. The zero-order valence-corrected chi connectivity index (χ0v) is 12.5. The molecule has 1 heterocycles. The average Bonchev–Trinajstić information content (AvgIpc) is 2.56. The van der Waals surface area contributed by atoms with Gasteiger partial charge in [-0.15, -0.1) is 0 Å². The number of rotatable bonds is 7. The van der Waals surface area contributed by atoms with E-state index in [4.69, 9.17) is 0 Å². The number of aliphatic hydroxyl groups excluding tert-OH is 1. The topological polar surface area (TPSA) is 35.5 Å². The maximum absolute atomic E-state index is 9.56. The molecule has 0 spiro atoms. The summed E-state index contributed by atoms with van der Waals surface area (Å²) in [5, 5.41) is 13.0. The van der Waals surface area contributed by atoms with Gasteiger partial charge in [-0.2, -0.15) is 0 Å². The van der Waals surface area contributed by atoms with Crippen molar-refractivity contribution in [1.29, 1.82) is 0 Å². The first-order valence-electron chi connectivity index (χ1n) is 7.71. The lowest BCUT2D eigenvalue weighted by molar-refractivity contribution is 0.122. The van der Waals surface area contributed by atoms with Gasteiger partial charge in [-0.3, -0.25) is 0 Å². The normalized spacial score (nSPS) is 25.7. The lowest BCUT2D eigenvalue weighted by Crippen LogP contribution is -2.54. The fourth-order valence-corrected chi connectivity index (χ4v) is 3.16. The van der Waals surface area contributed by atoms with Crippen molar-refractivity contribution in [3.05, 3.63) is 0 Å². The van der Waals surface area contributed by atoms with Gasteiger partial charge in [0.05, 0.1) is 12.1 Å². The van der Waals surface area contributed by atoms with Crippen LogP contribution in [0.5, 0.6) is 0 Å². The van der Waals surface area contributed by atoms with Crippen LogP contribution in [0.2, 0.25) is 0 Å². The number of likely N-dealkylation sites (N-methyl/N-ethyl adjacent to an activating group) is 1. The number of aliphatic hydroxyl groups is 1. The molecule has 2 unspecified atom stereocenters. The first-order chi connectivity index (χ1) is 8.63. The predicted octanol–water partition coefficient (Wildman–Crippen LogP) is 2.25. The molecule has 2 atom stereocenters. The van der Waals surface area contributed by atoms with Crippen LogP contribution in [-0.4, -0.2) is 48.3 Å². The second kappa shape index (κ2) is 8.13. The van der Waals surface area contributed by atoms with E-state index in [9.17, 15) is 5.11 Å². The van der Waals surface area contributed by atoms with Crippen molar-refractivity contribution in [3.63, 3.8) is 0 Å². The van der Waals surface area contributed by atoms with Crippen molar-refractivity contribution in [1.82, 2.24) is 10.2 Å². The van der Waals surface area contributed by atoms with Crippen molar-refractivity contribution in [3.8, 4) is 0 Å². The molecule has 3 nitrogen and oxygen atoms in total. The molecule has 0 saturated carbocycles. The minimum Gasteiger partial charge on any atom is -0.394 e. The molecular weight excluding hydrogens is 224 g/mol. The van der Waals surface area contributed by atoms with Gasteiger partial charge in [0.25, 0.3) is 0 Å². The van der Waals surface area contributed by atoms with Gasteiger partial charge in [-0.1, -0.05) is 26.7 Å². The third-order valence-corrected chi connectivity index (χ3v) is 4.16. The van der Waals surface area contributed by atoms with Crippen molar-refractivity contribution in [2.75, 3.05) is 32.8 Å². The summed E-state index contributed by atoms with van der Waals surface area (Å²) >= 11 is 0. The Labute approximate surface area is 113 Å². The fraction of sp³-hybridized carbons (Fsp3) is 1.00. The molecule has 1 fully saturated rings. The molecular formula is C15H32N2O. The summed E-state index contributed by atoms with van der Waals surface area (Å²) in [6.07, 6.45) is 6.75. The van der Waals surface area contributed by atoms with Crippen molar-refractivity contribution in [2.24, 2.45) is 5.92 Å². The zero-order valence-electron chi connectivity index (χ0n) is 12.5. The van der Waals surface area contributed by atoms with E-state index in [1.807, 2.05) is 0 Å². The molecule has 1 rings (SSSR count). The van der Waals surface area contributed by atoms with E-state index < -0.39 is 0 Å². The smallest absolute Gasteiger partial charge is 0.0623 e. The van der Waals surface area contributed by atoms with Crippen molar-refractivity contribution in [2.45, 2.75) is 58.4 Å². The highest BCUT2D eigenvalue weighted by atomic mass is 16.3. The summed E-state index contributed by atoms with van der Waals surface area (Å²) in [7, 11) is 0. The maximum atomic E-state index is 9.56. The molecule has 0 aromatic heterocycles. The van der Waals surface area contributed by atoms with Gasteiger partial charge < -0.3 is 15.3 Å². The molecule has 18 heavy (non-hydrogen) atoms. The van der Waals surface area contributed by atoms with Gasteiger partial charge in [0.15, 0.2) is 0 Å². The van der Waals surface area contributed by atoms with Crippen LogP contribution in [0.15, 0.2) is 0 Å². The maximum Gasteiger partial charge on any atom is 0.0623 e.